The molecule has 2 heterocycles. The number of nitrogens with zero attached hydrogens (tertiary/aromatic N) is 3. The smallest absolute Gasteiger partial charge is 0.329 e. The van der Waals surface area contributed by atoms with Crippen molar-refractivity contribution in [2.45, 2.75) is 37.8 Å². The van der Waals surface area contributed by atoms with E-state index in [0.717, 1.165) is 32.3 Å². The first-order valence-corrected chi connectivity index (χ1v) is 6.86. The van der Waals surface area contributed by atoms with Gasteiger partial charge in [-0.15, -0.1) is 0 Å². The van der Waals surface area contributed by atoms with Crippen LogP contribution in [0.3, 0.4) is 0 Å². The van der Waals surface area contributed by atoms with Crippen LogP contribution in [0.1, 0.15) is 25.7 Å². The Bertz CT molecular complexity index is 500. The van der Waals surface area contributed by atoms with Crippen LogP contribution in [-0.2, 0) is 4.74 Å². The normalized spacial score (nSPS) is 21.7. The second-order valence-corrected chi connectivity index (χ2v) is 5.12. The first-order valence-electron chi connectivity index (χ1n) is 6.86. The molecular formula is C12H17N5O3. The van der Waals surface area contributed by atoms with Crippen molar-refractivity contribution in [2.75, 3.05) is 23.8 Å². The predicted molar refractivity (Wildman–Crippen MR) is 72.8 cm³/mol. The molecule has 2 N–H and O–H groups in total. The number of ether oxygens (including phenoxy) is 1. The Labute approximate surface area is 116 Å². The van der Waals surface area contributed by atoms with Gasteiger partial charge in [0.25, 0.3) is 0 Å². The van der Waals surface area contributed by atoms with E-state index in [-0.39, 0.29) is 11.8 Å². The van der Waals surface area contributed by atoms with E-state index in [1.165, 1.54) is 6.20 Å². The monoisotopic (exact) mass is 279 g/mol. The van der Waals surface area contributed by atoms with Crippen molar-refractivity contribution in [3.05, 3.63) is 16.3 Å². The minimum atomic E-state index is -0.464. The number of hydrogen-bond acceptors (Lipinski definition) is 7. The summed E-state index contributed by atoms with van der Waals surface area (Å²) in [5, 5.41) is 17.1. The maximum absolute atomic E-state index is 10.9. The molecule has 1 saturated carbocycles. The SMILES string of the molecule is O=[N+]([O-])c1cnc(NCC2CCCO2)nc1NC1CC1. The van der Waals surface area contributed by atoms with E-state index in [0.29, 0.717) is 24.4 Å². The lowest BCUT2D eigenvalue weighted by molar-refractivity contribution is -0.384. The molecule has 2 aliphatic rings. The molecule has 1 aromatic heterocycles. The maximum atomic E-state index is 10.9. The van der Waals surface area contributed by atoms with Crippen molar-refractivity contribution in [3.8, 4) is 0 Å². The third kappa shape index (κ3) is 3.13. The molecule has 0 aromatic carbocycles. The van der Waals surface area contributed by atoms with Crippen molar-refractivity contribution in [3.63, 3.8) is 0 Å². The number of aromatic nitrogens is 2. The lowest BCUT2D eigenvalue weighted by Gasteiger charge is -2.11. The van der Waals surface area contributed by atoms with Gasteiger partial charge in [0, 0.05) is 19.2 Å². The molecule has 20 heavy (non-hydrogen) atoms. The van der Waals surface area contributed by atoms with Gasteiger partial charge in [0.15, 0.2) is 0 Å². The van der Waals surface area contributed by atoms with Crippen LogP contribution < -0.4 is 10.6 Å². The highest BCUT2D eigenvalue weighted by molar-refractivity contribution is 5.58. The molecule has 0 amide bonds. The molecule has 108 valence electrons. The fourth-order valence-corrected chi connectivity index (χ4v) is 2.13. The first-order chi connectivity index (χ1) is 9.72. The van der Waals surface area contributed by atoms with Crippen molar-refractivity contribution in [1.29, 1.82) is 0 Å². The molecule has 1 unspecified atom stereocenters. The first kappa shape index (κ1) is 13.0. The van der Waals surface area contributed by atoms with Crippen molar-refractivity contribution < 1.29 is 9.66 Å². The van der Waals surface area contributed by atoms with E-state index in [2.05, 4.69) is 20.6 Å². The van der Waals surface area contributed by atoms with E-state index in [1.807, 2.05) is 0 Å². The van der Waals surface area contributed by atoms with E-state index < -0.39 is 4.92 Å². The summed E-state index contributed by atoms with van der Waals surface area (Å²) < 4.78 is 5.50. The zero-order valence-electron chi connectivity index (χ0n) is 11.0. The molecule has 0 radical (unpaired) electrons. The minimum absolute atomic E-state index is 0.0837. The second kappa shape index (κ2) is 5.58. The average Bonchev–Trinajstić information content (AvgIpc) is 3.09. The van der Waals surface area contributed by atoms with E-state index in [9.17, 15) is 10.1 Å². The molecule has 1 atom stereocenters. The Kier molecular flexibility index (Phi) is 3.64. The van der Waals surface area contributed by atoms with Crippen LogP contribution in [0.15, 0.2) is 6.20 Å². The van der Waals surface area contributed by atoms with Crippen molar-refractivity contribution in [2.24, 2.45) is 0 Å². The Morgan fingerprint density at radius 3 is 2.95 bits per heavy atom. The van der Waals surface area contributed by atoms with Gasteiger partial charge >= 0.3 is 5.69 Å². The Balaban J connectivity index is 1.68. The van der Waals surface area contributed by atoms with Crippen LogP contribution in [0.25, 0.3) is 0 Å². The molecule has 1 saturated heterocycles. The summed E-state index contributed by atoms with van der Waals surface area (Å²) in [6.45, 7) is 1.42. The van der Waals surface area contributed by atoms with Crippen molar-refractivity contribution >= 4 is 17.5 Å². The summed E-state index contributed by atoms with van der Waals surface area (Å²) in [5.41, 5.74) is -0.0837. The van der Waals surface area contributed by atoms with Gasteiger partial charge in [0.05, 0.1) is 11.0 Å². The maximum Gasteiger partial charge on any atom is 0.329 e. The highest BCUT2D eigenvalue weighted by atomic mass is 16.6. The molecular weight excluding hydrogens is 262 g/mol. The van der Waals surface area contributed by atoms with Gasteiger partial charge in [-0.25, -0.2) is 4.98 Å². The van der Waals surface area contributed by atoms with Crippen LogP contribution in [0.2, 0.25) is 0 Å². The Hall–Kier alpha value is -1.96. The standard InChI is InChI=1S/C12H17N5O3/c18-17(19)10-7-14-12(13-6-9-2-1-5-20-9)16-11(10)15-8-3-4-8/h7-9H,1-6H2,(H2,13,14,15,16). The number of nitrogens with one attached hydrogen (secondary N) is 2. The molecule has 0 bridgehead atoms. The van der Waals surface area contributed by atoms with Gasteiger partial charge in [-0.3, -0.25) is 10.1 Å². The quantitative estimate of drug-likeness (QED) is 0.601. The highest BCUT2D eigenvalue weighted by Gasteiger charge is 2.26. The zero-order valence-corrected chi connectivity index (χ0v) is 11.0. The Morgan fingerprint density at radius 2 is 2.30 bits per heavy atom. The lowest BCUT2D eigenvalue weighted by Crippen LogP contribution is -2.20. The third-order valence-corrected chi connectivity index (χ3v) is 3.40. The van der Waals surface area contributed by atoms with Crippen LogP contribution >= 0.6 is 0 Å². The van der Waals surface area contributed by atoms with E-state index in [4.69, 9.17) is 4.74 Å². The predicted octanol–water partition coefficient (Wildman–Crippen LogP) is 1.55. The van der Waals surface area contributed by atoms with Gasteiger partial charge in [-0.1, -0.05) is 0 Å². The third-order valence-electron chi connectivity index (χ3n) is 3.40. The minimum Gasteiger partial charge on any atom is -0.376 e. The van der Waals surface area contributed by atoms with Crippen LogP contribution in [-0.4, -0.2) is 40.2 Å². The van der Waals surface area contributed by atoms with Gasteiger partial charge in [0.1, 0.15) is 6.20 Å². The average molecular weight is 279 g/mol. The zero-order chi connectivity index (χ0) is 13.9. The van der Waals surface area contributed by atoms with Crippen LogP contribution in [0, 0.1) is 10.1 Å². The van der Waals surface area contributed by atoms with Gasteiger partial charge in [-0.05, 0) is 25.7 Å². The fourth-order valence-electron chi connectivity index (χ4n) is 2.13. The molecule has 8 nitrogen and oxygen atoms in total. The molecule has 3 rings (SSSR count). The molecule has 8 heteroatoms. The summed E-state index contributed by atoms with van der Waals surface area (Å²) in [6, 6.07) is 0.301. The molecule has 2 fully saturated rings. The summed E-state index contributed by atoms with van der Waals surface area (Å²) >= 11 is 0. The summed E-state index contributed by atoms with van der Waals surface area (Å²) in [4.78, 5) is 18.7. The highest BCUT2D eigenvalue weighted by Crippen LogP contribution is 2.29. The number of nitro groups is 1. The summed E-state index contributed by atoms with van der Waals surface area (Å²) in [7, 11) is 0. The molecule has 1 aliphatic carbocycles. The second-order valence-electron chi connectivity index (χ2n) is 5.12. The number of hydrogen-bond donors (Lipinski definition) is 2. The number of anilines is 2. The topological polar surface area (TPSA) is 102 Å². The number of rotatable bonds is 6. The molecule has 0 spiro atoms. The van der Waals surface area contributed by atoms with Gasteiger partial charge in [0.2, 0.25) is 11.8 Å². The fraction of sp³-hybridized carbons (Fsp3) is 0.667. The molecule has 1 aromatic rings. The van der Waals surface area contributed by atoms with Gasteiger partial charge in [-0.2, -0.15) is 4.98 Å². The van der Waals surface area contributed by atoms with E-state index >= 15 is 0 Å². The van der Waals surface area contributed by atoms with Crippen LogP contribution in [0.5, 0.6) is 0 Å². The van der Waals surface area contributed by atoms with Crippen LogP contribution in [0.4, 0.5) is 17.5 Å². The molecule has 1 aliphatic heterocycles. The van der Waals surface area contributed by atoms with Gasteiger partial charge < -0.3 is 15.4 Å². The van der Waals surface area contributed by atoms with Crippen molar-refractivity contribution in [1.82, 2.24) is 9.97 Å². The van der Waals surface area contributed by atoms with E-state index in [1.54, 1.807) is 0 Å². The lowest BCUT2D eigenvalue weighted by atomic mass is 10.2. The summed E-state index contributed by atoms with van der Waals surface area (Å²) in [6.07, 6.45) is 5.57. The summed E-state index contributed by atoms with van der Waals surface area (Å²) in [5.74, 6) is 0.691. The Morgan fingerprint density at radius 1 is 1.45 bits per heavy atom. The largest absolute Gasteiger partial charge is 0.376 e.